The number of carbonyl (C=O) groups excluding carboxylic acids is 2. The number of anilines is 1. The van der Waals surface area contributed by atoms with Crippen LogP contribution >= 0.6 is 34.3 Å². The second-order valence-electron chi connectivity index (χ2n) is 7.18. The molecule has 5 rings (SSSR count). The maximum atomic E-state index is 13.2. The van der Waals surface area contributed by atoms with Gasteiger partial charge in [-0.15, -0.1) is 11.3 Å². The number of aliphatic hydroxyl groups excluding tert-OH is 1. The number of benzene rings is 2. The largest absolute Gasteiger partial charge is 0.507 e. The van der Waals surface area contributed by atoms with Gasteiger partial charge >= 0.3 is 11.9 Å². The number of halogens is 1. The summed E-state index contributed by atoms with van der Waals surface area (Å²) in [5, 5.41) is 22.7. The smallest absolute Gasteiger partial charge is 0.335 e. The SMILES string of the molecule is O=C1C(=O)N(c2nc3ccc(C(=O)O)cc3s2)C(c2cccs2)/C1=C(\O)c1cccc(Cl)c1. The summed E-state index contributed by atoms with van der Waals surface area (Å²) in [7, 11) is 0. The van der Waals surface area contributed by atoms with Crippen LogP contribution in [0.2, 0.25) is 5.02 Å². The number of carboxylic acid groups (broad SMARTS) is 1. The molecule has 2 N–H and O–H groups in total. The number of rotatable bonds is 4. The van der Waals surface area contributed by atoms with Crippen molar-refractivity contribution in [2.24, 2.45) is 0 Å². The number of nitrogens with zero attached hydrogens (tertiary/aromatic N) is 2. The molecule has 2 aromatic carbocycles. The lowest BCUT2D eigenvalue weighted by Gasteiger charge is -2.21. The number of thiazole rings is 1. The monoisotopic (exact) mass is 496 g/mol. The minimum absolute atomic E-state index is 0.0600. The normalized spacial score (nSPS) is 17.7. The molecule has 0 aliphatic carbocycles. The van der Waals surface area contributed by atoms with Gasteiger partial charge in [-0.1, -0.05) is 41.1 Å². The number of fused-ring (bicyclic) bond motifs is 1. The standard InChI is InChI=1S/C23H13ClN2O5S2/c24-13-4-1-3-11(9-13)19(27)17-18(15-5-2-8-32-15)26(21(29)20(17)28)23-25-14-7-6-12(22(30)31)10-16(14)33-23/h1-10,18,27H,(H,30,31)/b19-17+. The van der Waals surface area contributed by atoms with Gasteiger partial charge in [-0.3, -0.25) is 14.5 Å². The van der Waals surface area contributed by atoms with E-state index in [1.54, 1.807) is 36.4 Å². The Kier molecular flexibility index (Phi) is 5.24. The summed E-state index contributed by atoms with van der Waals surface area (Å²) in [6, 6.07) is 13.5. The topological polar surface area (TPSA) is 108 Å². The highest BCUT2D eigenvalue weighted by atomic mass is 35.5. The number of ketones is 1. The third-order valence-corrected chi connectivity index (χ3v) is 7.36. The van der Waals surface area contributed by atoms with Crippen molar-refractivity contribution in [1.82, 2.24) is 4.98 Å². The quantitative estimate of drug-likeness (QED) is 0.224. The van der Waals surface area contributed by atoms with Gasteiger partial charge in [0, 0.05) is 15.5 Å². The van der Waals surface area contributed by atoms with E-state index in [4.69, 9.17) is 11.6 Å². The summed E-state index contributed by atoms with van der Waals surface area (Å²) in [6.07, 6.45) is 0. The molecule has 1 fully saturated rings. The Morgan fingerprint density at radius 3 is 2.55 bits per heavy atom. The number of thiophene rings is 1. The number of amides is 1. The first-order valence-corrected chi connectivity index (χ1v) is 11.7. The van der Waals surface area contributed by atoms with E-state index in [0.717, 1.165) is 11.3 Å². The minimum atomic E-state index is -1.08. The molecule has 1 saturated heterocycles. The van der Waals surface area contributed by atoms with E-state index in [1.165, 1.54) is 34.4 Å². The third kappa shape index (κ3) is 3.60. The van der Waals surface area contributed by atoms with Crippen molar-refractivity contribution in [2.75, 3.05) is 4.90 Å². The van der Waals surface area contributed by atoms with Gasteiger partial charge in [-0.25, -0.2) is 9.78 Å². The van der Waals surface area contributed by atoms with Crippen LogP contribution in [0.5, 0.6) is 0 Å². The highest BCUT2D eigenvalue weighted by Crippen LogP contribution is 2.45. The summed E-state index contributed by atoms with van der Waals surface area (Å²) < 4.78 is 0.562. The number of carbonyl (C=O) groups is 3. The van der Waals surface area contributed by atoms with Gasteiger partial charge in [0.25, 0.3) is 5.78 Å². The van der Waals surface area contributed by atoms with Crippen LogP contribution in [0.4, 0.5) is 5.13 Å². The number of aliphatic hydroxyl groups is 1. The summed E-state index contributed by atoms with van der Waals surface area (Å²) in [5.74, 6) is -3.07. The molecule has 4 aromatic rings. The Bertz CT molecular complexity index is 1480. The fourth-order valence-electron chi connectivity index (χ4n) is 3.69. The average Bonchev–Trinajstić information content (AvgIpc) is 3.51. The maximum Gasteiger partial charge on any atom is 0.335 e. The predicted octanol–water partition coefficient (Wildman–Crippen LogP) is 5.34. The summed E-state index contributed by atoms with van der Waals surface area (Å²) in [4.78, 5) is 44.0. The van der Waals surface area contributed by atoms with E-state index in [-0.39, 0.29) is 22.0 Å². The van der Waals surface area contributed by atoms with Crippen LogP contribution in [0.1, 0.15) is 26.8 Å². The number of carboxylic acids is 1. The zero-order chi connectivity index (χ0) is 23.3. The van der Waals surface area contributed by atoms with Crippen molar-refractivity contribution < 1.29 is 24.6 Å². The number of hydrogen-bond donors (Lipinski definition) is 2. The molecule has 2 aromatic heterocycles. The van der Waals surface area contributed by atoms with Crippen molar-refractivity contribution in [1.29, 1.82) is 0 Å². The van der Waals surface area contributed by atoms with Gasteiger partial charge in [0.05, 0.1) is 21.4 Å². The number of aromatic nitrogens is 1. The number of hydrogen-bond acceptors (Lipinski definition) is 7. The Hall–Kier alpha value is -3.53. The lowest BCUT2D eigenvalue weighted by atomic mass is 10.00. The van der Waals surface area contributed by atoms with Crippen molar-refractivity contribution in [2.45, 2.75) is 6.04 Å². The molecule has 33 heavy (non-hydrogen) atoms. The molecule has 0 spiro atoms. The second kappa shape index (κ2) is 8.11. The average molecular weight is 497 g/mol. The van der Waals surface area contributed by atoms with Crippen LogP contribution in [0.25, 0.3) is 16.0 Å². The molecule has 10 heteroatoms. The molecule has 1 unspecified atom stereocenters. The molecule has 1 aliphatic rings. The molecule has 164 valence electrons. The van der Waals surface area contributed by atoms with Crippen molar-refractivity contribution in [3.8, 4) is 0 Å². The zero-order valence-electron chi connectivity index (χ0n) is 16.6. The Morgan fingerprint density at radius 1 is 1.03 bits per heavy atom. The predicted molar refractivity (Wildman–Crippen MR) is 127 cm³/mol. The first-order valence-electron chi connectivity index (χ1n) is 9.59. The molecule has 1 amide bonds. The fourth-order valence-corrected chi connectivity index (χ4v) is 5.73. The highest BCUT2D eigenvalue weighted by Gasteiger charge is 2.48. The van der Waals surface area contributed by atoms with E-state index in [1.807, 2.05) is 5.38 Å². The van der Waals surface area contributed by atoms with Crippen molar-refractivity contribution in [3.63, 3.8) is 0 Å². The first-order chi connectivity index (χ1) is 15.8. The van der Waals surface area contributed by atoms with Crippen LogP contribution in [0.15, 0.2) is 65.6 Å². The lowest BCUT2D eigenvalue weighted by Crippen LogP contribution is -2.28. The van der Waals surface area contributed by atoms with Gasteiger partial charge in [-0.2, -0.15) is 0 Å². The lowest BCUT2D eigenvalue weighted by molar-refractivity contribution is -0.132. The van der Waals surface area contributed by atoms with E-state index in [0.29, 0.717) is 25.7 Å². The van der Waals surface area contributed by atoms with Crippen LogP contribution in [0.3, 0.4) is 0 Å². The van der Waals surface area contributed by atoms with Gasteiger partial charge in [-0.05, 0) is 41.8 Å². The molecule has 0 bridgehead atoms. The summed E-state index contributed by atoms with van der Waals surface area (Å²) in [5.41, 5.74) is 0.852. The first kappa shape index (κ1) is 21.3. The van der Waals surface area contributed by atoms with Crippen LogP contribution in [-0.2, 0) is 9.59 Å². The number of Topliss-reactive ketones (excluding diaryl/α,β-unsaturated/α-hetero) is 1. The van der Waals surface area contributed by atoms with Gasteiger partial charge in [0.1, 0.15) is 11.8 Å². The fraction of sp³-hybridized carbons (Fsp3) is 0.0435. The highest BCUT2D eigenvalue weighted by molar-refractivity contribution is 7.22. The molecule has 1 aliphatic heterocycles. The zero-order valence-corrected chi connectivity index (χ0v) is 18.9. The Balaban J connectivity index is 1.70. The molecule has 0 radical (unpaired) electrons. The number of aromatic carboxylic acids is 1. The van der Waals surface area contributed by atoms with E-state index in [2.05, 4.69) is 4.98 Å². The molecule has 1 atom stereocenters. The Morgan fingerprint density at radius 2 is 1.85 bits per heavy atom. The van der Waals surface area contributed by atoms with Crippen molar-refractivity contribution in [3.05, 3.63) is 86.6 Å². The van der Waals surface area contributed by atoms with E-state index < -0.39 is 23.7 Å². The van der Waals surface area contributed by atoms with Crippen LogP contribution in [-0.4, -0.2) is 32.9 Å². The second-order valence-corrected chi connectivity index (χ2v) is 9.60. The molecular formula is C23H13ClN2O5S2. The van der Waals surface area contributed by atoms with Gasteiger partial charge < -0.3 is 10.2 Å². The Labute approximate surface area is 199 Å². The van der Waals surface area contributed by atoms with Gasteiger partial charge in [0.2, 0.25) is 0 Å². The summed E-state index contributed by atoms with van der Waals surface area (Å²) >= 11 is 8.50. The van der Waals surface area contributed by atoms with Crippen LogP contribution < -0.4 is 4.90 Å². The molecular weight excluding hydrogens is 484 g/mol. The van der Waals surface area contributed by atoms with Crippen molar-refractivity contribution >= 4 is 73.0 Å². The van der Waals surface area contributed by atoms with Gasteiger partial charge in [0.15, 0.2) is 5.13 Å². The molecule has 7 nitrogen and oxygen atoms in total. The molecule has 3 heterocycles. The molecule has 0 saturated carbocycles. The van der Waals surface area contributed by atoms with Crippen LogP contribution in [0, 0.1) is 0 Å². The summed E-state index contributed by atoms with van der Waals surface area (Å²) in [6.45, 7) is 0. The van der Waals surface area contributed by atoms with E-state index >= 15 is 0 Å². The van der Waals surface area contributed by atoms with E-state index in [9.17, 15) is 24.6 Å². The third-order valence-electron chi connectivity index (χ3n) is 5.19. The minimum Gasteiger partial charge on any atom is -0.507 e. The maximum absolute atomic E-state index is 13.2.